The van der Waals surface area contributed by atoms with E-state index in [1.54, 1.807) is 0 Å². The molecule has 14 heavy (non-hydrogen) atoms. The first-order chi connectivity index (χ1) is 6.49. The van der Waals surface area contributed by atoms with Gasteiger partial charge in [0.15, 0.2) is 5.78 Å². The molecule has 1 rings (SSSR count). The molecule has 0 amide bonds. The molecule has 0 aliphatic heterocycles. The maximum atomic E-state index is 12.0. The fourth-order valence-electron chi connectivity index (χ4n) is 1.96. The first-order valence-electron chi connectivity index (χ1n) is 5.31. The van der Waals surface area contributed by atoms with Gasteiger partial charge < -0.3 is 0 Å². The Hall–Kier alpha value is -0.850. The Labute approximate surface area is 86.9 Å². The first kappa shape index (κ1) is 11.2. The zero-order valence-electron chi connectivity index (χ0n) is 9.63. The smallest absolute Gasteiger partial charge is 0.162 e. The summed E-state index contributed by atoms with van der Waals surface area (Å²) in [6.07, 6.45) is 8.15. The van der Waals surface area contributed by atoms with Crippen LogP contribution in [-0.4, -0.2) is 5.78 Å². The van der Waals surface area contributed by atoms with Crippen molar-refractivity contribution < 1.29 is 4.79 Å². The van der Waals surface area contributed by atoms with Crippen LogP contribution in [0.4, 0.5) is 0 Å². The number of Topliss-reactive ketones (excluding diaryl/α,β-unsaturated/α-hetero) is 1. The van der Waals surface area contributed by atoms with Crippen molar-refractivity contribution >= 4 is 5.78 Å². The number of rotatable bonds is 2. The van der Waals surface area contributed by atoms with E-state index < -0.39 is 0 Å². The summed E-state index contributed by atoms with van der Waals surface area (Å²) in [7, 11) is 0. The fourth-order valence-corrected chi connectivity index (χ4v) is 1.96. The van der Waals surface area contributed by atoms with Crippen molar-refractivity contribution in [3.05, 3.63) is 23.8 Å². The summed E-state index contributed by atoms with van der Waals surface area (Å²) in [5.74, 6) is 0.491. The van der Waals surface area contributed by atoms with E-state index in [1.165, 1.54) is 0 Å². The van der Waals surface area contributed by atoms with E-state index in [9.17, 15) is 4.79 Å². The van der Waals surface area contributed by atoms with Crippen LogP contribution in [0.15, 0.2) is 23.8 Å². The third kappa shape index (κ3) is 2.14. The second-order valence-electron chi connectivity index (χ2n) is 4.79. The highest BCUT2D eigenvalue weighted by Gasteiger charge is 2.35. The van der Waals surface area contributed by atoms with Crippen LogP contribution in [0.3, 0.4) is 0 Å². The Morgan fingerprint density at radius 2 is 2.07 bits per heavy atom. The molecule has 1 aliphatic carbocycles. The quantitative estimate of drug-likeness (QED) is 0.483. The van der Waals surface area contributed by atoms with Gasteiger partial charge in [-0.25, -0.2) is 0 Å². The molecule has 1 heteroatoms. The Kier molecular flexibility index (Phi) is 3.30. The summed E-state index contributed by atoms with van der Waals surface area (Å²) in [4.78, 5) is 12.0. The van der Waals surface area contributed by atoms with Crippen LogP contribution >= 0.6 is 0 Å². The van der Waals surface area contributed by atoms with Crippen molar-refractivity contribution in [1.82, 2.24) is 0 Å². The predicted octanol–water partition coefficient (Wildman–Crippen LogP) is 3.51. The van der Waals surface area contributed by atoms with Gasteiger partial charge in [0.25, 0.3) is 0 Å². The van der Waals surface area contributed by atoms with Gasteiger partial charge in [-0.15, -0.1) is 0 Å². The standard InChI is InChI=1S/C13H20O/c1-5-10(2)12(14)11-8-6-7-9-13(11,3)4/h5-7,11H,8-9H2,1-4H3. The Morgan fingerprint density at radius 1 is 1.43 bits per heavy atom. The first-order valence-corrected chi connectivity index (χ1v) is 5.31. The monoisotopic (exact) mass is 192 g/mol. The van der Waals surface area contributed by atoms with Crippen molar-refractivity contribution in [2.24, 2.45) is 11.3 Å². The number of allylic oxidation sites excluding steroid dienone is 4. The van der Waals surface area contributed by atoms with Crippen molar-refractivity contribution in [2.45, 2.75) is 40.5 Å². The van der Waals surface area contributed by atoms with Gasteiger partial charge in [-0.3, -0.25) is 4.79 Å². The van der Waals surface area contributed by atoms with Crippen LogP contribution in [0.5, 0.6) is 0 Å². The van der Waals surface area contributed by atoms with Gasteiger partial charge in [-0.2, -0.15) is 0 Å². The molecule has 0 aromatic carbocycles. The summed E-state index contributed by atoms with van der Waals surface area (Å²) in [6, 6.07) is 0. The second kappa shape index (κ2) is 4.12. The number of carbonyl (C=O) groups is 1. The summed E-state index contributed by atoms with van der Waals surface area (Å²) in [5.41, 5.74) is 1.02. The van der Waals surface area contributed by atoms with Crippen molar-refractivity contribution in [3.8, 4) is 0 Å². The normalized spacial score (nSPS) is 26.3. The molecule has 1 unspecified atom stereocenters. The van der Waals surface area contributed by atoms with Gasteiger partial charge in [-0.05, 0) is 37.7 Å². The molecule has 1 nitrogen and oxygen atoms in total. The van der Waals surface area contributed by atoms with Gasteiger partial charge in [0.2, 0.25) is 0 Å². The zero-order chi connectivity index (χ0) is 10.8. The largest absolute Gasteiger partial charge is 0.294 e. The minimum atomic E-state index is 0.121. The van der Waals surface area contributed by atoms with E-state index in [1.807, 2.05) is 19.9 Å². The van der Waals surface area contributed by atoms with E-state index in [-0.39, 0.29) is 11.3 Å². The highest BCUT2D eigenvalue weighted by Crippen LogP contribution is 2.38. The Bertz CT molecular complexity index is 282. The lowest BCUT2D eigenvalue weighted by Crippen LogP contribution is -2.32. The van der Waals surface area contributed by atoms with E-state index in [4.69, 9.17) is 0 Å². The van der Waals surface area contributed by atoms with Crippen LogP contribution in [0.1, 0.15) is 40.5 Å². The van der Waals surface area contributed by atoms with Gasteiger partial charge in [0, 0.05) is 5.92 Å². The molecule has 0 aromatic rings. The number of hydrogen-bond donors (Lipinski definition) is 0. The highest BCUT2D eigenvalue weighted by atomic mass is 16.1. The summed E-state index contributed by atoms with van der Waals surface area (Å²) < 4.78 is 0. The van der Waals surface area contributed by atoms with Crippen molar-refractivity contribution in [1.29, 1.82) is 0 Å². The fraction of sp³-hybridized carbons (Fsp3) is 0.615. The molecular formula is C13H20O. The predicted molar refractivity (Wildman–Crippen MR) is 60.1 cm³/mol. The van der Waals surface area contributed by atoms with Crippen molar-refractivity contribution in [2.75, 3.05) is 0 Å². The summed E-state index contributed by atoms with van der Waals surface area (Å²) in [5, 5.41) is 0. The number of carbonyl (C=O) groups excluding carboxylic acids is 1. The van der Waals surface area contributed by atoms with E-state index in [2.05, 4.69) is 26.0 Å². The molecule has 1 atom stereocenters. The van der Waals surface area contributed by atoms with Gasteiger partial charge in [-0.1, -0.05) is 32.1 Å². The Morgan fingerprint density at radius 3 is 2.57 bits per heavy atom. The van der Waals surface area contributed by atoms with Crippen LogP contribution in [0, 0.1) is 11.3 Å². The molecule has 0 spiro atoms. The van der Waals surface area contributed by atoms with Crippen LogP contribution < -0.4 is 0 Å². The van der Waals surface area contributed by atoms with E-state index in [0.717, 1.165) is 18.4 Å². The SMILES string of the molecule is CC=C(C)C(=O)C1CC=CCC1(C)C. The molecule has 0 saturated carbocycles. The van der Waals surface area contributed by atoms with Crippen LogP contribution in [0.25, 0.3) is 0 Å². The molecule has 0 bridgehead atoms. The molecule has 0 aromatic heterocycles. The lowest BCUT2D eigenvalue weighted by Gasteiger charge is -2.34. The van der Waals surface area contributed by atoms with Gasteiger partial charge in [0.05, 0.1) is 0 Å². The van der Waals surface area contributed by atoms with Crippen LogP contribution in [0.2, 0.25) is 0 Å². The summed E-state index contributed by atoms with van der Waals surface area (Å²) in [6.45, 7) is 8.21. The maximum Gasteiger partial charge on any atom is 0.162 e. The molecule has 0 radical (unpaired) electrons. The molecule has 78 valence electrons. The van der Waals surface area contributed by atoms with Gasteiger partial charge >= 0.3 is 0 Å². The van der Waals surface area contributed by atoms with Crippen molar-refractivity contribution in [3.63, 3.8) is 0 Å². The Balaban J connectivity index is 2.87. The topological polar surface area (TPSA) is 17.1 Å². The average molecular weight is 192 g/mol. The molecule has 0 N–H and O–H groups in total. The minimum Gasteiger partial charge on any atom is -0.294 e. The van der Waals surface area contributed by atoms with Crippen LogP contribution in [-0.2, 0) is 4.79 Å². The van der Waals surface area contributed by atoms with E-state index in [0.29, 0.717) is 5.78 Å². The maximum absolute atomic E-state index is 12.0. The minimum absolute atomic E-state index is 0.121. The second-order valence-corrected chi connectivity index (χ2v) is 4.79. The van der Waals surface area contributed by atoms with E-state index >= 15 is 0 Å². The highest BCUT2D eigenvalue weighted by molar-refractivity contribution is 5.97. The third-order valence-corrected chi connectivity index (χ3v) is 3.26. The molecule has 0 fully saturated rings. The lowest BCUT2D eigenvalue weighted by atomic mass is 9.69. The molecule has 0 saturated heterocycles. The average Bonchev–Trinajstić information content (AvgIpc) is 2.15. The summed E-state index contributed by atoms with van der Waals surface area (Å²) >= 11 is 0. The zero-order valence-corrected chi connectivity index (χ0v) is 9.63. The lowest BCUT2D eigenvalue weighted by molar-refractivity contribution is -0.122. The third-order valence-electron chi connectivity index (χ3n) is 3.26. The number of ketones is 1. The van der Waals surface area contributed by atoms with Gasteiger partial charge in [0.1, 0.15) is 0 Å². The molecule has 0 heterocycles. The molecule has 1 aliphatic rings. The number of hydrogen-bond acceptors (Lipinski definition) is 1. The molecular weight excluding hydrogens is 172 g/mol.